The molecule has 2 nitrogen and oxygen atoms in total. The van der Waals surface area contributed by atoms with Gasteiger partial charge in [-0.25, -0.2) is 4.98 Å². The molecule has 0 spiro atoms. The predicted octanol–water partition coefficient (Wildman–Crippen LogP) is 3.11. The number of aryl methyl sites for hydroxylation is 2. The van der Waals surface area contributed by atoms with E-state index in [1.165, 1.54) is 16.7 Å². The highest BCUT2D eigenvalue weighted by Gasteiger charge is 2.15. The summed E-state index contributed by atoms with van der Waals surface area (Å²) in [6.45, 7) is 0. The zero-order chi connectivity index (χ0) is 11.7. The minimum absolute atomic E-state index is 0.500. The zero-order valence-electron chi connectivity index (χ0n) is 9.48. The fraction of sp³-hybridized carbons (Fsp3) is 0.200. The Balaban J connectivity index is 2.27. The lowest BCUT2D eigenvalue weighted by atomic mass is 10.0. The molecule has 0 saturated carbocycles. The van der Waals surface area contributed by atoms with Crippen LogP contribution in [-0.4, -0.2) is 4.98 Å². The number of rotatable bonds is 0. The second-order valence-corrected chi connectivity index (χ2v) is 4.33. The van der Waals surface area contributed by atoms with Gasteiger partial charge >= 0.3 is 0 Å². The van der Waals surface area contributed by atoms with Gasteiger partial charge < -0.3 is 0 Å². The van der Waals surface area contributed by atoms with Gasteiger partial charge in [-0.1, -0.05) is 30.3 Å². The molecule has 0 saturated heterocycles. The summed E-state index contributed by atoms with van der Waals surface area (Å²) >= 11 is 0. The van der Waals surface area contributed by atoms with Crippen LogP contribution in [-0.2, 0) is 12.8 Å². The van der Waals surface area contributed by atoms with Crippen molar-refractivity contribution in [3.8, 4) is 17.3 Å². The van der Waals surface area contributed by atoms with E-state index in [0.29, 0.717) is 5.69 Å². The maximum absolute atomic E-state index is 8.94. The van der Waals surface area contributed by atoms with Crippen LogP contribution in [0.2, 0.25) is 0 Å². The first-order valence-electron chi connectivity index (χ1n) is 5.87. The highest BCUT2D eigenvalue weighted by atomic mass is 14.7. The Bertz CT molecular complexity index is 609. The minimum Gasteiger partial charge on any atom is -0.237 e. The van der Waals surface area contributed by atoms with E-state index in [-0.39, 0.29) is 0 Å². The van der Waals surface area contributed by atoms with Gasteiger partial charge in [-0.05, 0) is 36.5 Å². The van der Waals surface area contributed by atoms with E-state index < -0.39 is 0 Å². The molecule has 1 aromatic carbocycles. The van der Waals surface area contributed by atoms with Crippen molar-refractivity contribution in [1.82, 2.24) is 4.98 Å². The molecule has 17 heavy (non-hydrogen) atoms. The average molecular weight is 220 g/mol. The lowest BCUT2D eigenvalue weighted by Gasteiger charge is -2.07. The van der Waals surface area contributed by atoms with Crippen molar-refractivity contribution in [3.63, 3.8) is 0 Å². The largest absolute Gasteiger partial charge is 0.237 e. The van der Waals surface area contributed by atoms with E-state index in [1.807, 2.05) is 18.2 Å². The topological polar surface area (TPSA) is 36.7 Å². The average Bonchev–Trinajstić information content (AvgIpc) is 2.57. The van der Waals surface area contributed by atoms with Crippen molar-refractivity contribution in [2.45, 2.75) is 19.3 Å². The summed E-state index contributed by atoms with van der Waals surface area (Å²) < 4.78 is 0. The molecule has 0 atom stereocenters. The normalized spacial score (nSPS) is 13.1. The van der Waals surface area contributed by atoms with Gasteiger partial charge in [0, 0.05) is 5.56 Å². The summed E-state index contributed by atoms with van der Waals surface area (Å²) in [5, 5.41) is 8.94. The highest BCUT2D eigenvalue weighted by molar-refractivity contribution is 5.68. The van der Waals surface area contributed by atoms with Crippen LogP contribution in [0.3, 0.4) is 0 Å². The lowest BCUT2D eigenvalue weighted by Crippen LogP contribution is -1.94. The van der Waals surface area contributed by atoms with Crippen LogP contribution in [0, 0.1) is 11.3 Å². The maximum Gasteiger partial charge on any atom is 0.141 e. The van der Waals surface area contributed by atoms with E-state index in [2.05, 4.69) is 29.3 Å². The second-order valence-electron chi connectivity index (χ2n) is 4.33. The van der Waals surface area contributed by atoms with Gasteiger partial charge in [0.25, 0.3) is 0 Å². The van der Waals surface area contributed by atoms with Crippen LogP contribution in [0.4, 0.5) is 0 Å². The summed E-state index contributed by atoms with van der Waals surface area (Å²) in [4.78, 5) is 4.47. The van der Waals surface area contributed by atoms with Crippen molar-refractivity contribution in [1.29, 1.82) is 5.26 Å². The van der Waals surface area contributed by atoms with Crippen LogP contribution in [0.1, 0.15) is 23.2 Å². The van der Waals surface area contributed by atoms with Gasteiger partial charge in [0.15, 0.2) is 0 Å². The van der Waals surface area contributed by atoms with E-state index in [4.69, 9.17) is 5.26 Å². The smallest absolute Gasteiger partial charge is 0.141 e. The SMILES string of the molecule is N#Cc1ccc2c(n1)-c1ccccc1CCC2. The van der Waals surface area contributed by atoms with E-state index in [1.54, 1.807) is 0 Å². The first-order chi connectivity index (χ1) is 8.38. The predicted molar refractivity (Wildman–Crippen MR) is 66.4 cm³/mol. The summed E-state index contributed by atoms with van der Waals surface area (Å²) in [7, 11) is 0. The molecule has 1 heterocycles. The Morgan fingerprint density at radius 1 is 1.00 bits per heavy atom. The van der Waals surface area contributed by atoms with Crippen molar-refractivity contribution >= 4 is 0 Å². The molecule has 0 aliphatic heterocycles. The summed E-state index contributed by atoms with van der Waals surface area (Å²) in [6.07, 6.45) is 3.29. The third-order valence-electron chi connectivity index (χ3n) is 3.26. The summed E-state index contributed by atoms with van der Waals surface area (Å²) in [5.74, 6) is 0. The number of nitrogens with zero attached hydrogens (tertiary/aromatic N) is 2. The van der Waals surface area contributed by atoms with Crippen molar-refractivity contribution < 1.29 is 0 Å². The monoisotopic (exact) mass is 220 g/mol. The molecule has 0 N–H and O–H groups in total. The molecule has 1 aromatic heterocycles. The number of hydrogen-bond acceptors (Lipinski definition) is 2. The van der Waals surface area contributed by atoms with Crippen LogP contribution in [0.5, 0.6) is 0 Å². The minimum atomic E-state index is 0.500. The van der Waals surface area contributed by atoms with Gasteiger partial charge in [0.2, 0.25) is 0 Å². The van der Waals surface area contributed by atoms with Crippen molar-refractivity contribution in [2.75, 3.05) is 0 Å². The number of pyridine rings is 1. The molecular weight excluding hydrogens is 208 g/mol. The zero-order valence-corrected chi connectivity index (χ0v) is 9.48. The number of benzene rings is 1. The molecule has 82 valence electrons. The van der Waals surface area contributed by atoms with Crippen molar-refractivity contribution in [3.05, 3.63) is 53.2 Å². The molecule has 2 aromatic rings. The van der Waals surface area contributed by atoms with Crippen LogP contribution in [0.15, 0.2) is 36.4 Å². The summed E-state index contributed by atoms with van der Waals surface area (Å²) in [5.41, 5.74) is 5.29. The van der Waals surface area contributed by atoms with E-state index >= 15 is 0 Å². The van der Waals surface area contributed by atoms with Gasteiger partial charge in [0.05, 0.1) is 5.69 Å². The van der Waals surface area contributed by atoms with Crippen LogP contribution >= 0.6 is 0 Å². The van der Waals surface area contributed by atoms with E-state index in [0.717, 1.165) is 25.0 Å². The number of hydrogen-bond donors (Lipinski definition) is 0. The molecule has 3 rings (SSSR count). The van der Waals surface area contributed by atoms with E-state index in [9.17, 15) is 0 Å². The summed E-state index contributed by atoms with van der Waals surface area (Å²) in [6, 6.07) is 14.3. The van der Waals surface area contributed by atoms with Gasteiger partial charge in [-0.3, -0.25) is 0 Å². The first-order valence-corrected chi connectivity index (χ1v) is 5.87. The fourth-order valence-electron chi connectivity index (χ4n) is 2.42. The van der Waals surface area contributed by atoms with Crippen LogP contribution in [0.25, 0.3) is 11.3 Å². The second kappa shape index (κ2) is 4.03. The molecule has 2 heteroatoms. The first kappa shape index (κ1) is 10.0. The standard InChI is InChI=1S/C15H12N2/c16-10-13-9-8-12-6-3-5-11-4-1-2-7-14(11)15(12)17-13/h1-2,4,7-9H,3,5-6H2. The van der Waals surface area contributed by atoms with Gasteiger partial charge in [-0.2, -0.15) is 5.26 Å². The Labute approximate surface area is 101 Å². The Morgan fingerprint density at radius 3 is 2.71 bits per heavy atom. The third-order valence-corrected chi connectivity index (χ3v) is 3.26. The van der Waals surface area contributed by atoms with Crippen molar-refractivity contribution in [2.24, 2.45) is 0 Å². The fourth-order valence-corrected chi connectivity index (χ4v) is 2.42. The molecule has 0 radical (unpaired) electrons. The number of nitriles is 1. The number of fused-ring (bicyclic) bond motifs is 3. The Morgan fingerprint density at radius 2 is 1.82 bits per heavy atom. The highest BCUT2D eigenvalue weighted by Crippen LogP contribution is 2.30. The maximum atomic E-state index is 8.94. The molecule has 1 aliphatic rings. The molecular formula is C15H12N2. The van der Waals surface area contributed by atoms with Gasteiger partial charge in [0.1, 0.15) is 11.8 Å². The van der Waals surface area contributed by atoms with Crippen LogP contribution < -0.4 is 0 Å². The quantitative estimate of drug-likeness (QED) is 0.684. The molecule has 0 amide bonds. The molecule has 0 fully saturated rings. The molecule has 0 unspecified atom stereocenters. The van der Waals surface area contributed by atoms with Gasteiger partial charge in [-0.15, -0.1) is 0 Å². The lowest BCUT2D eigenvalue weighted by molar-refractivity contribution is 0.833. The molecule has 0 bridgehead atoms. The Hall–Kier alpha value is -2.14. The molecule has 1 aliphatic carbocycles. The third kappa shape index (κ3) is 1.70. The Kier molecular flexibility index (Phi) is 2.38. The number of aromatic nitrogens is 1.